The Morgan fingerprint density at radius 3 is 1.36 bits per heavy atom. The van der Waals surface area contributed by atoms with Gasteiger partial charge in [0.05, 0.1) is 0 Å². The lowest BCUT2D eigenvalue weighted by Gasteiger charge is -2.36. The van der Waals surface area contributed by atoms with E-state index < -0.39 is 12.2 Å². The van der Waals surface area contributed by atoms with Gasteiger partial charge in [-0.1, -0.05) is 52.0 Å². The van der Waals surface area contributed by atoms with E-state index in [1.165, 1.54) is 11.1 Å². The third-order valence-electron chi connectivity index (χ3n) is 6.85. The van der Waals surface area contributed by atoms with E-state index in [-0.39, 0.29) is 13.2 Å². The van der Waals surface area contributed by atoms with Crippen molar-refractivity contribution >= 4 is 0 Å². The van der Waals surface area contributed by atoms with Crippen molar-refractivity contribution in [3.05, 3.63) is 58.7 Å². The predicted molar refractivity (Wildman–Crippen MR) is 146 cm³/mol. The molecule has 36 heavy (non-hydrogen) atoms. The van der Waals surface area contributed by atoms with Gasteiger partial charge in [-0.15, -0.1) is 0 Å². The summed E-state index contributed by atoms with van der Waals surface area (Å²) in [5.41, 5.74) is 4.66. The molecule has 0 aromatic heterocycles. The summed E-state index contributed by atoms with van der Waals surface area (Å²) in [5.74, 6) is 2.49. The second kappa shape index (κ2) is 13.4. The van der Waals surface area contributed by atoms with Crippen LogP contribution in [0.4, 0.5) is 0 Å². The molecular formula is C30H46N2O4. The fourth-order valence-electron chi connectivity index (χ4n) is 4.71. The lowest BCUT2D eigenvalue weighted by molar-refractivity contribution is 0.0238. The van der Waals surface area contributed by atoms with Crippen LogP contribution >= 0.6 is 0 Å². The fourth-order valence-corrected chi connectivity index (χ4v) is 4.71. The monoisotopic (exact) mass is 498 g/mol. The van der Waals surface area contributed by atoms with Crippen molar-refractivity contribution in [1.29, 1.82) is 0 Å². The Hall–Kier alpha value is -2.12. The van der Waals surface area contributed by atoms with Gasteiger partial charge in [-0.05, 0) is 60.1 Å². The Morgan fingerprint density at radius 2 is 1.03 bits per heavy atom. The van der Waals surface area contributed by atoms with Crippen molar-refractivity contribution in [1.82, 2.24) is 9.80 Å². The number of β-amino-alcohol motifs (C(OH)–C–C–N with tert-alkyl or cyclic N) is 2. The molecule has 1 aliphatic rings. The summed E-state index contributed by atoms with van der Waals surface area (Å²) in [7, 11) is 0. The van der Waals surface area contributed by atoms with Crippen molar-refractivity contribution in [3.8, 4) is 11.5 Å². The van der Waals surface area contributed by atoms with Crippen LogP contribution in [0, 0.1) is 13.8 Å². The van der Waals surface area contributed by atoms with Gasteiger partial charge in [-0.25, -0.2) is 0 Å². The minimum atomic E-state index is -0.541. The summed E-state index contributed by atoms with van der Waals surface area (Å²) in [6.45, 7) is 17.9. The maximum absolute atomic E-state index is 10.6. The van der Waals surface area contributed by atoms with Crippen LogP contribution in [0.25, 0.3) is 0 Å². The van der Waals surface area contributed by atoms with Gasteiger partial charge < -0.3 is 19.7 Å². The third-order valence-corrected chi connectivity index (χ3v) is 6.85. The van der Waals surface area contributed by atoms with Gasteiger partial charge in [0, 0.05) is 39.3 Å². The Kier molecular flexibility index (Phi) is 10.6. The highest BCUT2D eigenvalue weighted by molar-refractivity contribution is 5.40. The summed E-state index contributed by atoms with van der Waals surface area (Å²) < 4.78 is 12.0. The average Bonchev–Trinajstić information content (AvgIpc) is 2.82. The third kappa shape index (κ3) is 8.48. The lowest BCUT2D eigenvalue weighted by Crippen LogP contribution is -2.51. The number of piperazine rings is 1. The molecule has 0 bridgehead atoms. The molecule has 0 spiro atoms. The molecule has 0 amide bonds. The van der Waals surface area contributed by atoms with E-state index >= 15 is 0 Å². The van der Waals surface area contributed by atoms with Crippen LogP contribution in [-0.2, 0) is 0 Å². The number of aryl methyl sites for hydroxylation is 2. The molecule has 2 atom stereocenters. The highest BCUT2D eigenvalue weighted by Gasteiger charge is 2.22. The van der Waals surface area contributed by atoms with Crippen molar-refractivity contribution in [2.45, 2.75) is 65.6 Å². The molecule has 0 aliphatic carbocycles. The van der Waals surface area contributed by atoms with Gasteiger partial charge in [0.25, 0.3) is 0 Å². The Labute approximate surface area is 217 Å². The van der Waals surface area contributed by atoms with Gasteiger partial charge in [0.2, 0.25) is 0 Å². The van der Waals surface area contributed by atoms with E-state index in [1.54, 1.807) is 0 Å². The Balaban J connectivity index is 1.39. The lowest BCUT2D eigenvalue weighted by atomic mass is 10.0. The standard InChI is InChI=1S/C30H46N2O4/c1-21(2)27-9-7-23(5)15-29(27)35-19-25(33)17-31-11-13-32(14-12-31)18-26(34)20-36-30-16-24(6)8-10-28(30)22(3)4/h7-10,15-16,21-22,25-26,33-34H,11-14,17-20H2,1-6H3/t25-,26-/m1/s1. The molecule has 2 aromatic rings. The summed E-state index contributed by atoms with van der Waals surface area (Å²) in [6.07, 6.45) is -1.08. The molecule has 1 heterocycles. The van der Waals surface area contributed by atoms with E-state index in [2.05, 4.69) is 87.7 Å². The second-order valence-electron chi connectivity index (χ2n) is 10.9. The molecule has 3 rings (SSSR count). The van der Waals surface area contributed by atoms with Crippen LogP contribution in [-0.4, -0.2) is 84.7 Å². The summed E-state index contributed by atoms with van der Waals surface area (Å²) in [6, 6.07) is 12.5. The van der Waals surface area contributed by atoms with Crippen molar-refractivity contribution in [2.24, 2.45) is 0 Å². The highest BCUT2D eigenvalue weighted by atomic mass is 16.5. The first-order valence-corrected chi connectivity index (χ1v) is 13.4. The number of nitrogens with zero attached hydrogens (tertiary/aromatic N) is 2. The molecule has 1 aliphatic heterocycles. The summed E-state index contributed by atoms with van der Waals surface area (Å²) in [4.78, 5) is 4.54. The summed E-state index contributed by atoms with van der Waals surface area (Å²) >= 11 is 0. The maximum Gasteiger partial charge on any atom is 0.123 e. The highest BCUT2D eigenvalue weighted by Crippen LogP contribution is 2.28. The van der Waals surface area contributed by atoms with Gasteiger partial charge in [-0.3, -0.25) is 9.80 Å². The number of benzene rings is 2. The van der Waals surface area contributed by atoms with Crippen LogP contribution in [0.1, 0.15) is 61.8 Å². The van der Waals surface area contributed by atoms with Crippen LogP contribution in [0.2, 0.25) is 0 Å². The largest absolute Gasteiger partial charge is 0.491 e. The second-order valence-corrected chi connectivity index (χ2v) is 10.9. The fraction of sp³-hybridized carbons (Fsp3) is 0.600. The molecule has 0 unspecified atom stereocenters. The first kappa shape index (κ1) is 28.5. The zero-order valence-corrected chi connectivity index (χ0v) is 23.0. The summed E-state index contributed by atoms with van der Waals surface area (Å²) in [5, 5.41) is 21.2. The van der Waals surface area contributed by atoms with Crippen LogP contribution in [0.15, 0.2) is 36.4 Å². The molecule has 6 nitrogen and oxygen atoms in total. The van der Waals surface area contributed by atoms with E-state index in [9.17, 15) is 10.2 Å². The smallest absolute Gasteiger partial charge is 0.123 e. The number of aliphatic hydroxyl groups excluding tert-OH is 2. The van der Waals surface area contributed by atoms with Crippen molar-refractivity contribution < 1.29 is 19.7 Å². The molecule has 2 aromatic carbocycles. The molecular weight excluding hydrogens is 452 g/mol. The number of aliphatic hydroxyl groups is 2. The number of ether oxygens (including phenoxy) is 2. The first-order valence-electron chi connectivity index (χ1n) is 13.4. The Bertz CT molecular complexity index is 876. The molecule has 0 saturated carbocycles. The normalized spacial score (nSPS) is 16.9. The van der Waals surface area contributed by atoms with Crippen LogP contribution in [0.5, 0.6) is 11.5 Å². The molecule has 6 heteroatoms. The minimum Gasteiger partial charge on any atom is -0.491 e. The molecule has 1 fully saturated rings. The molecule has 2 N–H and O–H groups in total. The number of hydrogen-bond acceptors (Lipinski definition) is 6. The van der Waals surface area contributed by atoms with E-state index in [4.69, 9.17) is 9.47 Å². The van der Waals surface area contributed by atoms with Crippen LogP contribution < -0.4 is 9.47 Å². The number of rotatable bonds is 12. The molecule has 0 radical (unpaired) electrons. The number of hydrogen-bond donors (Lipinski definition) is 2. The molecule has 200 valence electrons. The van der Waals surface area contributed by atoms with Gasteiger partial charge in [0.1, 0.15) is 36.9 Å². The maximum atomic E-state index is 10.6. The SMILES string of the molecule is Cc1ccc(C(C)C)c(OC[C@H](O)CN2CCN(C[C@@H](O)COc3cc(C)ccc3C(C)C)CC2)c1. The van der Waals surface area contributed by atoms with Gasteiger partial charge >= 0.3 is 0 Å². The van der Waals surface area contributed by atoms with E-state index in [1.807, 2.05) is 0 Å². The minimum absolute atomic E-state index is 0.288. The van der Waals surface area contributed by atoms with Gasteiger partial charge in [0.15, 0.2) is 0 Å². The van der Waals surface area contributed by atoms with E-state index in [0.29, 0.717) is 24.9 Å². The zero-order valence-electron chi connectivity index (χ0n) is 23.0. The first-order chi connectivity index (χ1) is 17.1. The molecule has 1 saturated heterocycles. The predicted octanol–water partition coefficient (Wildman–Crippen LogP) is 4.35. The quantitative estimate of drug-likeness (QED) is 0.454. The topological polar surface area (TPSA) is 65.4 Å². The Morgan fingerprint density at radius 1 is 0.667 bits per heavy atom. The zero-order chi connectivity index (χ0) is 26.2. The average molecular weight is 499 g/mol. The van der Waals surface area contributed by atoms with Crippen molar-refractivity contribution in [2.75, 3.05) is 52.5 Å². The van der Waals surface area contributed by atoms with Crippen molar-refractivity contribution in [3.63, 3.8) is 0 Å². The van der Waals surface area contributed by atoms with E-state index in [0.717, 1.165) is 48.8 Å². The van der Waals surface area contributed by atoms with Gasteiger partial charge in [-0.2, -0.15) is 0 Å². The van der Waals surface area contributed by atoms with Crippen LogP contribution in [0.3, 0.4) is 0 Å².